The minimum absolute atomic E-state index is 0.109. The van der Waals surface area contributed by atoms with Crippen LogP contribution in [0.25, 0.3) is 0 Å². The van der Waals surface area contributed by atoms with Gasteiger partial charge in [-0.2, -0.15) is 15.0 Å². The van der Waals surface area contributed by atoms with Gasteiger partial charge in [0.05, 0.1) is 13.3 Å². The van der Waals surface area contributed by atoms with Gasteiger partial charge in [-0.1, -0.05) is 0 Å². The zero-order valence-electron chi connectivity index (χ0n) is 8.36. The molecule has 2 aromatic heterocycles. The van der Waals surface area contributed by atoms with Gasteiger partial charge in [-0.05, 0) is 11.8 Å². The van der Waals surface area contributed by atoms with Crippen LogP contribution in [0.5, 0.6) is 6.01 Å². The number of nitrogen functional groups attached to an aromatic ring is 1. The van der Waals surface area contributed by atoms with Crippen LogP contribution in [0.1, 0.15) is 0 Å². The lowest BCUT2D eigenvalue weighted by atomic mass is 10.8. The molecule has 0 aliphatic rings. The Morgan fingerprint density at radius 2 is 2.12 bits per heavy atom. The third-order valence-corrected chi connectivity index (χ3v) is 2.31. The molecule has 0 unspecified atom stereocenters. The molecule has 0 aromatic carbocycles. The molecule has 8 heteroatoms. The average Bonchev–Trinajstić information content (AvgIpc) is 2.29. The van der Waals surface area contributed by atoms with Gasteiger partial charge in [-0.25, -0.2) is 4.98 Å². The van der Waals surface area contributed by atoms with Crippen molar-refractivity contribution in [1.82, 2.24) is 24.9 Å². The van der Waals surface area contributed by atoms with Gasteiger partial charge < -0.3 is 10.5 Å². The van der Waals surface area contributed by atoms with Crippen molar-refractivity contribution in [2.75, 3.05) is 12.8 Å². The van der Waals surface area contributed by atoms with E-state index in [0.717, 1.165) is 0 Å². The molecule has 16 heavy (non-hydrogen) atoms. The van der Waals surface area contributed by atoms with Crippen molar-refractivity contribution >= 4 is 17.7 Å². The van der Waals surface area contributed by atoms with E-state index in [0.29, 0.717) is 10.2 Å². The normalized spacial score (nSPS) is 10.1. The number of rotatable bonds is 3. The molecule has 0 amide bonds. The van der Waals surface area contributed by atoms with E-state index in [1.165, 1.54) is 18.9 Å². The number of hydrogen-bond donors (Lipinski definition) is 1. The molecule has 0 radical (unpaired) electrons. The predicted molar refractivity (Wildman–Crippen MR) is 56.9 cm³/mol. The lowest BCUT2D eigenvalue weighted by Crippen LogP contribution is -2.02. The summed E-state index contributed by atoms with van der Waals surface area (Å²) in [5.74, 6) is 0.109. The number of ether oxygens (including phenoxy) is 1. The number of hydrogen-bond acceptors (Lipinski definition) is 8. The summed E-state index contributed by atoms with van der Waals surface area (Å²) in [5.41, 5.74) is 5.50. The highest BCUT2D eigenvalue weighted by molar-refractivity contribution is 7.99. The maximum Gasteiger partial charge on any atom is 0.321 e. The summed E-state index contributed by atoms with van der Waals surface area (Å²) in [4.78, 5) is 19.8. The second-order valence-electron chi connectivity index (χ2n) is 2.61. The summed E-state index contributed by atoms with van der Waals surface area (Å²) >= 11 is 1.24. The second-order valence-corrected chi connectivity index (χ2v) is 3.60. The van der Waals surface area contributed by atoms with Crippen molar-refractivity contribution in [3.05, 3.63) is 18.6 Å². The Morgan fingerprint density at radius 1 is 1.25 bits per heavy atom. The SMILES string of the molecule is COc1nc(N)nc(Sc2cnccn2)n1. The van der Waals surface area contributed by atoms with Crippen LogP contribution < -0.4 is 10.5 Å². The summed E-state index contributed by atoms with van der Waals surface area (Å²) in [7, 11) is 1.46. The number of nitrogens with zero attached hydrogens (tertiary/aromatic N) is 5. The first-order valence-electron chi connectivity index (χ1n) is 4.27. The Balaban J connectivity index is 2.24. The minimum Gasteiger partial charge on any atom is -0.467 e. The Kier molecular flexibility index (Phi) is 3.10. The van der Waals surface area contributed by atoms with Crippen LogP contribution in [-0.2, 0) is 0 Å². The first kappa shape index (κ1) is 10.6. The molecule has 0 aliphatic heterocycles. The van der Waals surface area contributed by atoms with Gasteiger partial charge in [0.15, 0.2) is 0 Å². The highest BCUT2D eigenvalue weighted by Crippen LogP contribution is 2.22. The molecule has 82 valence electrons. The van der Waals surface area contributed by atoms with Gasteiger partial charge in [0.1, 0.15) is 5.03 Å². The fourth-order valence-corrected chi connectivity index (χ4v) is 1.60. The predicted octanol–water partition coefficient (Wildman–Crippen LogP) is 0.404. The van der Waals surface area contributed by atoms with E-state index < -0.39 is 0 Å². The van der Waals surface area contributed by atoms with Gasteiger partial charge in [0.2, 0.25) is 11.1 Å². The smallest absolute Gasteiger partial charge is 0.321 e. The van der Waals surface area contributed by atoms with E-state index in [1.807, 2.05) is 0 Å². The van der Waals surface area contributed by atoms with Gasteiger partial charge in [0.25, 0.3) is 0 Å². The van der Waals surface area contributed by atoms with Crippen LogP contribution in [0.4, 0.5) is 5.95 Å². The first-order chi connectivity index (χ1) is 7.78. The molecule has 2 rings (SSSR count). The van der Waals surface area contributed by atoms with Crippen molar-refractivity contribution < 1.29 is 4.74 Å². The van der Waals surface area contributed by atoms with Crippen molar-refractivity contribution in [2.24, 2.45) is 0 Å². The Labute approximate surface area is 95.5 Å². The number of anilines is 1. The molecule has 0 atom stereocenters. The van der Waals surface area contributed by atoms with Crippen LogP contribution in [0.2, 0.25) is 0 Å². The average molecular weight is 236 g/mol. The van der Waals surface area contributed by atoms with Crippen molar-refractivity contribution in [2.45, 2.75) is 10.2 Å². The van der Waals surface area contributed by atoms with Crippen molar-refractivity contribution in [3.63, 3.8) is 0 Å². The van der Waals surface area contributed by atoms with E-state index >= 15 is 0 Å². The maximum atomic E-state index is 5.50. The Hall–Kier alpha value is -1.96. The summed E-state index contributed by atoms with van der Waals surface area (Å²) in [5, 5.41) is 1.10. The van der Waals surface area contributed by atoms with E-state index in [9.17, 15) is 0 Å². The molecule has 2 N–H and O–H groups in total. The fraction of sp³-hybridized carbons (Fsp3) is 0.125. The van der Waals surface area contributed by atoms with Gasteiger partial charge in [-0.3, -0.25) is 4.98 Å². The number of aromatic nitrogens is 5. The number of methoxy groups -OCH3 is 1. The first-order valence-corrected chi connectivity index (χ1v) is 5.09. The Bertz CT molecular complexity index is 479. The monoisotopic (exact) mass is 236 g/mol. The lowest BCUT2D eigenvalue weighted by Gasteiger charge is -2.01. The molecule has 0 saturated heterocycles. The van der Waals surface area contributed by atoms with Crippen molar-refractivity contribution in [3.8, 4) is 6.01 Å². The minimum atomic E-state index is 0.109. The zero-order valence-corrected chi connectivity index (χ0v) is 9.18. The van der Waals surface area contributed by atoms with Crippen LogP contribution in [0.3, 0.4) is 0 Å². The molecule has 7 nitrogen and oxygen atoms in total. The van der Waals surface area contributed by atoms with E-state index in [4.69, 9.17) is 10.5 Å². The van der Waals surface area contributed by atoms with E-state index in [2.05, 4.69) is 24.9 Å². The molecule has 0 fully saturated rings. The van der Waals surface area contributed by atoms with Crippen LogP contribution in [0, 0.1) is 0 Å². The summed E-state index contributed by atoms with van der Waals surface area (Å²) in [6, 6.07) is 0.180. The molecule has 0 saturated carbocycles. The summed E-state index contributed by atoms with van der Waals surface area (Å²) in [6.45, 7) is 0. The van der Waals surface area contributed by atoms with Gasteiger partial charge >= 0.3 is 6.01 Å². The van der Waals surface area contributed by atoms with E-state index in [-0.39, 0.29) is 12.0 Å². The van der Waals surface area contributed by atoms with E-state index in [1.54, 1.807) is 18.6 Å². The highest BCUT2D eigenvalue weighted by Gasteiger charge is 2.06. The van der Waals surface area contributed by atoms with Crippen LogP contribution in [-0.4, -0.2) is 32.0 Å². The van der Waals surface area contributed by atoms with Crippen molar-refractivity contribution in [1.29, 1.82) is 0 Å². The zero-order chi connectivity index (χ0) is 11.4. The highest BCUT2D eigenvalue weighted by atomic mass is 32.2. The lowest BCUT2D eigenvalue weighted by molar-refractivity contribution is 0.374. The standard InChI is InChI=1S/C8H8N6OS/c1-15-7-12-6(9)13-8(14-7)16-5-4-10-2-3-11-5/h2-4H,1H3,(H2,9,12,13,14). The fourth-order valence-electron chi connectivity index (χ4n) is 0.921. The molecule has 2 aromatic rings. The number of nitrogens with two attached hydrogens (primary N) is 1. The summed E-state index contributed by atoms with van der Waals surface area (Å²) < 4.78 is 4.88. The largest absolute Gasteiger partial charge is 0.467 e. The van der Waals surface area contributed by atoms with Gasteiger partial charge in [-0.15, -0.1) is 0 Å². The molecule has 0 bridgehead atoms. The second kappa shape index (κ2) is 4.71. The third kappa shape index (κ3) is 2.54. The van der Waals surface area contributed by atoms with Crippen LogP contribution >= 0.6 is 11.8 Å². The molecule has 2 heterocycles. The topological polar surface area (TPSA) is 99.7 Å². The van der Waals surface area contributed by atoms with Crippen LogP contribution in [0.15, 0.2) is 28.8 Å². The third-order valence-electron chi connectivity index (χ3n) is 1.53. The maximum absolute atomic E-state index is 5.50. The molecular weight excluding hydrogens is 228 g/mol. The molecule has 0 aliphatic carbocycles. The molecule has 0 spiro atoms. The molecular formula is C8H8N6OS. The van der Waals surface area contributed by atoms with Gasteiger partial charge in [0, 0.05) is 12.4 Å². The Morgan fingerprint density at radius 3 is 2.81 bits per heavy atom. The summed E-state index contributed by atoms with van der Waals surface area (Å²) in [6.07, 6.45) is 4.79. The quantitative estimate of drug-likeness (QED) is 0.817.